The molecule has 0 aromatic heterocycles. The summed E-state index contributed by atoms with van der Waals surface area (Å²) in [6.07, 6.45) is -0.782. The predicted octanol–water partition coefficient (Wildman–Crippen LogP) is 1.39. The summed E-state index contributed by atoms with van der Waals surface area (Å²) in [6.45, 7) is 3.58. The molecule has 1 aliphatic heterocycles. The molecule has 22 heavy (non-hydrogen) atoms. The highest BCUT2D eigenvalue weighted by molar-refractivity contribution is 6.32. The number of hydrogen-bond donors (Lipinski definition) is 2. The summed E-state index contributed by atoms with van der Waals surface area (Å²) in [5, 5.41) is 5.46. The fraction of sp³-hybridized carbons (Fsp3) is 0.429. The Morgan fingerprint density at radius 2 is 2.36 bits per heavy atom. The van der Waals surface area contributed by atoms with Gasteiger partial charge in [-0.25, -0.2) is 9.18 Å². The maximum atomic E-state index is 12.9. The average molecular weight is 330 g/mol. The van der Waals surface area contributed by atoms with Crippen LogP contribution in [0.3, 0.4) is 0 Å². The van der Waals surface area contributed by atoms with Gasteiger partial charge in [0.15, 0.2) is 6.10 Å². The number of hydrogen-bond acceptors (Lipinski definition) is 3. The summed E-state index contributed by atoms with van der Waals surface area (Å²) in [5.74, 6) is -0.567. The monoisotopic (exact) mass is 329 g/mol. The van der Waals surface area contributed by atoms with Gasteiger partial charge in [0, 0.05) is 26.2 Å². The fourth-order valence-electron chi connectivity index (χ4n) is 2.00. The number of carbonyl (C=O) groups is 2. The molecular formula is C14H17ClFN3O3. The summed E-state index contributed by atoms with van der Waals surface area (Å²) in [4.78, 5) is 24.8. The first kappa shape index (κ1) is 16.4. The van der Waals surface area contributed by atoms with E-state index in [2.05, 4.69) is 10.6 Å². The Hall–Kier alpha value is -2.02. The van der Waals surface area contributed by atoms with Crippen LogP contribution < -0.4 is 15.4 Å². The lowest BCUT2D eigenvalue weighted by Crippen LogP contribution is -2.41. The number of urea groups is 1. The minimum absolute atomic E-state index is 0.105. The highest BCUT2D eigenvalue weighted by Gasteiger charge is 2.20. The van der Waals surface area contributed by atoms with Gasteiger partial charge in [0.1, 0.15) is 11.6 Å². The number of nitrogens with one attached hydrogen (secondary N) is 2. The van der Waals surface area contributed by atoms with E-state index in [0.717, 1.165) is 6.07 Å². The number of ether oxygens (including phenoxy) is 1. The molecule has 0 aliphatic carbocycles. The maximum absolute atomic E-state index is 12.9. The van der Waals surface area contributed by atoms with Crippen molar-refractivity contribution in [3.8, 4) is 5.75 Å². The smallest absolute Gasteiger partial charge is 0.317 e. The molecule has 1 atom stereocenters. The van der Waals surface area contributed by atoms with Crippen molar-refractivity contribution in [3.05, 3.63) is 29.0 Å². The van der Waals surface area contributed by atoms with E-state index >= 15 is 0 Å². The molecular weight excluding hydrogens is 313 g/mol. The predicted molar refractivity (Wildman–Crippen MR) is 79.5 cm³/mol. The third-order valence-corrected chi connectivity index (χ3v) is 3.49. The van der Waals surface area contributed by atoms with Gasteiger partial charge in [0.05, 0.1) is 5.02 Å². The number of nitrogens with zero attached hydrogens (tertiary/aromatic N) is 1. The first-order chi connectivity index (χ1) is 10.5. The summed E-state index contributed by atoms with van der Waals surface area (Å²) in [5.41, 5.74) is 0. The third-order valence-electron chi connectivity index (χ3n) is 3.19. The van der Waals surface area contributed by atoms with Gasteiger partial charge < -0.3 is 20.3 Å². The van der Waals surface area contributed by atoms with Crippen LogP contribution in [0, 0.1) is 5.82 Å². The highest BCUT2D eigenvalue weighted by Crippen LogP contribution is 2.25. The van der Waals surface area contributed by atoms with E-state index < -0.39 is 11.9 Å². The zero-order chi connectivity index (χ0) is 16.1. The normalized spacial score (nSPS) is 15.4. The van der Waals surface area contributed by atoms with Crippen molar-refractivity contribution in [2.75, 3.05) is 26.2 Å². The SMILES string of the molecule is CC(Oc1ccc(F)cc1Cl)C(=O)NCCN1CCNC1=O. The Morgan fingerprint density at radius 1 is 1.59 bits per heavy atom. The zero-order valence-corrected chi connectivity index (χ0v) is 12.8. The topological polar surface area (TPSA) is 70.7 Å². The van der Waals surface area contributed by atoms with E-state index in [-0.39, 0.29) is 22.7 Å². The number of halogens is 2. The minimum atomic E-state index is -0.782. The van der Waals surface area contributed by atoms with Crippen LogP contribution in [-0.2, 0) is 4.79 Å². The molecule has 1 aliphatic rings. The molecule has 2 rings (SSSR count). The van der Waals surface area contributed by atoms with Crippen LogP contribution in [-0.4, -0.2) is 49.1 Å². The lowest BCUT2D eigenvalue weighted by Gasteiger charge is -2.17. The highest BCUT2D eigenvalue weighted by atomic mass is 35.5. The number of rotatable bonds is 6. The Balaban J connectivity index is 1.78. The van der Waals surface area contributed by atoms with Crippen LogP contribution >= 0.6 is 11.6 Å². The standard InChI is InChI=1S/C14H17ClFN3O3/c1-9(22-12-3-2-10(16)8-11(12)15)13(20)17-4-6-19-7-5-18-14(19)21/h2-3,8-9H,4-7H2,1H3,(H,17,20)(H,18,21). The van der Waals surface area contributed by atoms with Crippen LogP contribution in [0.15, 0.2) is 18.2 Å². The second kappa shape index (κ2) is 7.31. The van der Waals surface area contributed by atoms with Crippen molar-refractivity contribution < 1.29 is 18.7 Å². The third kappa shape index (κ3) is 4.24. The Bertz CT molecular complexity index is 570. The molecule has 0 radical (unpaired) electrons. The van der Waals surface area contributed by atoms with Gasteiger partial charge in [0.25, 0.3) is 5.91 Å². The van der Waals surface area contributed by atoms with E-state index in [0.29, 0.717) is 26.2 Å². The minimum Gasteiger partial charge on any atom is -0.479 e. The molecule has 1 aromatic carbocycles. The molecule has 0 saturated carbocycles. The van der Waals surface area contributed by atoms with Gasteiger partial charge in [-0.1, -0.05) is 11.6 Å². The lowest BCUT2D eigenvalue weighted by atomic mass is 10.3. The van der Waals surface area contributed by atoms with E-state index in [1.54, 1.807) is 11.8 Å². The van der Waals surface area contributed by atoms with Crippen LogP contribution in [0.2, 0.25) is 5.02 Å². The molecule has 1 unspecified atom stereocenters. The molecule has 0 spiro atoms. The summed E-state index contributed by atoms with van der Waals surface area (Å²) in [7, 11) is 0. The van der Waals surface area contributed by atoms with Gasteiger partial charge in [0.2, 0.25) is 0 Å². The van der Waals surface area contributed by atoms with Gasteiger partial charge >= 0.3 is 6.03 Å². The Labute approximate surface area is 132 Å². The maximum Gasteiger partial charge on any atom is 0.317 e. The Kier molecular flexibility index (Phi) is 5.43. The first-order valence-electron chi connectivity index (χ1n) is 6.89. The van der Waals surface area contributed by atoms with Crippen molar-refractivity contribution in [3.63, 3.8) is 0 Å². The number of benzene rings is 1. The van der Waals surface area contributed by atoms with Crippen molar-refractivity contribution in [2.45, 2.75) is 13.0 Å². The molecule has 3 amide bonds. The van der Waals surface area contributed by atoms with E-state index in [9.17, 15) is 14.0 Å². The van der Waals surface area contributed by atoms with E-state index in [1.165, 1.54) is 12.1 Å². The largest absolute Gasteiger partial charge is 0.479 e. The second-order valence-electron chi connectivity index (χ2n) is 4.84. The fourth-order valence-corrected chi connectivity index (χ4v) is 2.21. The second-order valence-corrected chi connectivity index (χ2v) is 5.25. The average Bonchev–Trinajstić information content (AvgIpc) is 2.87. The molecule has 1 aromatic rings. The summed E-state index contributed by atoms with van der Waals surface area (Å²) < 4.78 is 18.3. The van der Waals surface area contributed by atoms with E-state index in [4.69, 9.17) is 16.3 Å². The number of carbonyl (C=O) groups excluding carboxylic acids is 2. The molecule has 1 saturated heterocycles. The van der Waals surface area contributed by atoms with Gasteiger partial charge in [-0.2, -0.15) is 0 Å². The molecule has 6 nitrogen and oxygen atoms in total. The lowest BCUT2D eigenvalue weighted by molar-refractivity contribution is -0.127. The van der Waals surface area contributed by atoms with Gasteiger partial charge in [-0.15, -0.1) is 0 Å². The molecule has 0 bridgehead atoms. The van der Waals surface area contributed by atoms with Crippen LogP contribution in [0.5, 0.6) is 5.75 Å². The Morgan fingerprint density at radius 3 is 3.00 bits per heavy atom. The molecule has 8 heteroatoms. The van der Waals surface area contributed by atoms with Crippen molar-refractivity contribution >= 4 is 23.5 Å². The van der Waals surface area contributed by atoms with Crippen molar-refractivity contribution in [1.29, 1.82) is 0 Å². The van der Waals surface area contributed by atoms with Gasteiger partial charge in [-0.3, -0.25) is 4.79 Å². The molecule has 1 fully saturated rings. The van der Waals surface area contributed by atoms with Crippen LogP contribution in [0.1, 0.15) is 6.92 Å². The first-order valence-corrected chi connectivity index (χ1v) is 7.27. The summed E-state index contributed by atoms with van der Waals surface area (Å²) in [6, 6.07) is 3.57. The van der Waals surface area contributed by atoms with Crippen molar-refractivity contribution in [2.24, 2.45) is 0 Å². The van der Waals surface area contributed by atoms with Crippen LogP contribution in [0.4, 0.5) is 9.18 Å². The zero-order valence-electron chi connectivity index (χ0n) is 12.1. The van der Waals surface area contributed by atoms with E-state index in [1.807, 2.05) is 0 Å². The van der Waals surface area contributed by atoms with Gasteiger partial charge in [-0.05, 0) is 25.1 Å². The molecule has 1 heterocycles. The number of amides is 3. The van der Waals surface area contributed by atoms with Crippen molar-refractivity contribution in [1.82, 2.24) is 15.5 Å². The quantitative estimate of drug-likeness (QED) is 0.828. The van der Waals surface area contributed by atoms with Crippen LogP contribution in [0.25, 0.3) is 0 Å². The summed E-state index contributed by atoms with van der Waals surface area (Å²) >= 11 is 5.84. The molecule has 120 valence electrons. The molecule has 2 N–H and O–H groups in total.